The topological polar surface area (TPSA) is 108 Å². The fourth-order valence-corrected chi connectivity index (χ4v) is 6.59. The van der Waals surface area contributed by atoms with Crippen LogP contribution in [0.2, 0.25) is 0 Å². The van der Waals surface area contributed by atoms with Gasteiger partial charge in [0.25, 0.3) is 0 Å². The molecule has 184 valence electrons. The number of sulfonamides is 1. The summed E-state index contributed by atoms with van der Waals surface area (Å²) in [5.74, 6) is -2.77. The van der Waals surface area contributed by atoms with E-state index in [2.05, 4.69) is 4.98 Å². The van der Waals surface area contributed by atoms with Crippen molar-refractivity contribution in [2.24, 2.45) is 5.41 Å². The van der Waals surface area contributed by atoms with Crippen molar-refractivity contribution >= 4 is 21.9 Å². The van der Waals surface area contributed by atoms with Gasteiger partial charge in [0, 0.05) is 44.0 Å². The Hall–Kier alpha value is -2.21. The molecular formula is C21H28F3N3O5S. The van der Waals surface area contributed by atoms with E-state index in [4.69, 9.17) is 9.90 Å². The number of piperidine rings is 1. The average Bonchev–Trinajstić information content (AvgIpc) is 3.53. The molecule has 4 rings (SSSR count). The maximum Gasteiger partial charge on any atom is 0.490 e. The van der Waals surface area contributed by atoms with Gasteiger partial charge in [-0.25, -0.2) is 13.2 Å². The molecule has 1 N–H and O–H groups in total. The Bertz CT molecular complexity index is 983. The number of aromatic nitrogens is 1. The maximum atomic E-state index is 13.5. The van der Waals surface area contributed by atoms with Crippen LogP contribution in [0.15, 0.2) is 24.5 Å². The smallest absolute Gasteiger partial charge is 0.475 e. The molecule has 3 fully saturated rings. The molecule has 33 heavy (non-hydrogen) atoms. The van der Waals surface area contributed by atoms with Gasteiger partial charge in [0.15, 0.2) is 0 Å². The van der Waals surface area contributed by atoms with Crippen molar-refractivity contribution in [1.29, 1.82) is 0 Å². The Balaban J connectivity index is 0.000000383. The second-order valence-electron chi connectivity index (χ2n) is 9.03. The van der Waals surface area contributed by atoms with Gasteiger partial charge in [0.05, 0.1) is 10.7 Å². The molecule has 1 aliphatic carbocycles. The predicted molar refractivity (Wildman–Crippen MR) is 113 cm³/mol. The number of hydrogen-bond acceptors (Lipinski definition) is 5. The van der Waals surface area contributed by atoms with Crippen molar-refractivity contribution in [3.8, 4) is 0 Å². The summed E-state index contributed by atoms with van der Waals surface area (Å²) in [7, 11) is -3.30. The van der Waals surface area contributed by atoms with Gasteiger partial charge in [-0.1, -0.05) is 6.07 Å². The van der Waals surface area contributed by atoms with E-state index in [-0.39, 0.29) is 23.1 Å². The molecule has 3 heterocycles. The van der Waals surface area contributed by atoms with Gasteiger partial charge in [-0.05, 0) is 51.2 Å². The van der Waals surface area contributed by atoms with Crippen LogP contribution in [0.1, 0.15) is 51.0 Å². The Kier molecular flexibility index (Phi) is 7.09. The number of alkyl halides is 3. The van der Waals surface area contributed by atoms with Crippen molar-refractivity contribution in [2.75, 3.05) is 19.6 Å². The van der Waals surface area contributed by atoms with Crippen LogP contribution in [0.4, 0.5) is 13.2 Å². The summed E-state index contributed by atoms with van der Waals surface area (Å²) in [4.78, 5) is 28.6. The Labute approximate surface area is 190 Å². The first-order valence-electron chi connectivity index (χ1n) is 10.8. The van der Waals surface area contributed by atoms with Crippen LogP contribution in [0, 0.1) is 5.41 Å². The lowest BCUT2D eigenvalue weighted by atomic mass is 9.69. The summed E-state index contributed by atoms with van der Waals surface area (Å²) in [6.07, 6.45) is 1.57. The summed E-state index contributed by atoms with van der Waals surface area (Å²) < 4.78 is 59.1. The monoisotopic (exact) mass is 491 g/mol. The molecule has 1 aromatic rings. The van der Waals surface area contributed by atoms with Crippen molar-refractivity contribution in [2.45, 2.75) is 62.9 Å². The van der Waals surface area contributed by atoms with E-state index in [0.717, 1.165) is 37.8 Å². The lowest BCUT2D eigenvalue weighted by molar-refractivity contribution is -0.192. The van der Waals surface area contributed by atoms with E-state index in [1.165, 1.54) is 0 Å². The second kappa shape index (κ2) is 9.21. The van der Waals surface area contributed by atoms with E-state index >= 15 is 0 Å². The standard InChI is InChI=1S/C19H27N3O3S.C2HF3O2/c1-14(2)22-10-4-8-19(18(22)23)13-21(26(24,25)16-6-7-16)12-17(19)15-5-3-9-20-11-15;3-2(4,5)1(6)7/h3,5,9,11,14,16-17H,4,6-8,10,12-13H2,1-2H3;(H,6,7). The molecule has 2 saturated heterocycles. The summed E-state index contributed by atoms with van der Waals surface area (Å²) in [5.41, 5.74) is 0.313. The molecule has 3 aliphatic rings. The lowest BCUT2D eigenvalue weighted by Crippen LogP contribution is -2.54. The number of carboxylic acids is 1. The largest absolute Gasteiger partial charge is 0.490 e. The molecule has 0 radical (unpaired) electrons. The van der Waals surface area contributed by atoms with Crippen LogP contribution >= 0.6 is 0 Å². The second-order valence-corrected chi connectivity index (χ2v) is 11.2. The molecule has 0 bridgehead atoms. The minimum Gasteiger partial charge on any atom is -0.475 e. The van der Waals surface area contributed by atoms with Crippen LogP contribution in [-0.2, 0) is 19.6 Å². The SMILES string of the molecule is CC(C)N1CCCC2(CN(S(=O)(=O)C3CC3)CC2c2cccnc2)C1=O.O=C(O)C(F)(F)F. The number of likely N-dealkylation sites (tertiary alicyclic amines) is 1. The number of amides is 1. The number of halogens is 3. The highest BCUT2D eigenvalue weighted by molar-refractivity contribution is 7.90. The molecule has 0 aromatic carbocycles. The molecular weight excluding hydrogens is 463 g/mol. The molecule has 12 heteroatoms. The molecule has 2 unspecified atom stereocenters. The summed E-state index contributed by atoms with van der Waals surface area (Å²) in [6, 6.07) is 3.98. The van der Waals surface area contributed by atoms with Crippen molar-refractivity contribution in [3.63, 3.8) is 0 Å². The summed E-state index contributed by atoms with van der Waals surface area (Å²) in [6.45, 7) is 5.52. The van der Waals surface area contributed by atoms with Crippen LogP contribution in [0.5, 0.6) is 0 Å². The van der Waals surface area contributed by atoms with Crippen molar-refractivity contribution < 1.29 is 36.3 Å². The van der Waals surface area contributed by atoms with Gasteiger partial charge in [-0.15, -0.1) is 0 Å². The number of rotatable bonds is 4. The van der Waals surface area contributed by atoms with Gasteiger partial charge in [-0.3, -0.25) is 9.78 Å². The number of nitrogens with zero attached hydrogens (tertiary/aromatic N) is 3. The fourth-order valence-electron chi connectivity index (χ4n) is 4.67. The number of hydrogen-bond donors (Lipinski definition) is 1. The summed E-state index contributed by atoms with van der Waals surface area (Å²) >= 11 is 0. The van der Waals surface area contributed by atoms with E-state index in [1.54, 1.807) is 16.7 Å². The van der Waals surface area contributed by atoms with Crippen LogP contribution in [0.3, 0.4) is 0 Å². The highest BCUT2D eigenvalue weighted by atomic mass is 32.2. The van der Waals surface area contributed by atoms with E-state index in [9.17, 15) is 26.4 Å². The Morgan fingerprint density at radius 1 is 1.30 bits per heavy atom. The van der Waals surface area contributed by atoms with Crippen LogP contribution < -0.4 is 0 Å². The first-order valence-corrected chi connectivity index (χ1v) is 12.3. The highest BCUT2D eigenvalue weighted by Gasteiger charge is 2.59. The first-order chi connectivity index (χ1) is 15.3. The third-order valence-electron chi connectivity index (χ3n) is 6.48. The first kappa shape index (κ1) is 25.4. The number of carbonyl (C=O) groups excluding carboxylic acids is 1. The highest BCUT2D eigenvalue weighted by Crippen LogP contribution is 2.51. The lowest BCUT2D eigenvalue weighted by Gasteiger charge is -2.44. The van der Waals surface area contributed by atoms with Crippen LogP contribution in [0.25, 0.3) is 0 Å². The zero-order chi connectivity index (χ0) is 24.6. The van der Waals surface area contributed by atoms with Crippen LogP contribution in [-0.4, -0.2) is 76.7 Å². The fraction of sp³-hybridized carbons (Fsp3) is 0.667. The van der Waals surface area contributed by atoms with Gasteiger partial charge < -0.3 is 10.0 Å². The van der Waals surface area contributed by atoms with E-state index < -0.39 is 27.6 Å². The third kappa shape index (κ3) is 5.16. The predicted octanol–water partition coefficient (Wildman–Crippen LogP) is 2.62. The number of pyridine rings is 1. The third-order valence-corrected chi connectivity index (χ3v) is 8.79. The molecule has 1 saturated carbocycles. The normalized spacial score (nSPS) is 26.4. The van der Waals surface area contributed by atoms with Crippen molar-refractivity contribution in [1.82, 2.24) is 14.2 Å². The van der Waals surface area contributed by atoms with Gasteiger partial charge in [-0.2, -0.15) is 17.5 Å². The molecule has 1 amide bonds. The van der Waals surface area contributed by atoms with Crippen molar-refractivity contribution in [3.05, 3.63) is 30.1 Å². The molecule has 1 spiro atoms. The van der Waals surface area contributed by atoms with Gasteiger partial charge >= 0.3 is 12.1 Å². The molecule has 1 aromatic heterocycles. The number of aliphatic carboxylic acids is 1. The summed E-state index contributed by atoms with van der Waals surface area (Å²) in [5, 5.41) is 6.88. The number of carbonyl (C=O) groups is 2. The zero-order valence-electron chi connectivity index (χ0n) is 18.5. The van der Waals surface area contributed by atoms with E-state index in [1.807, 2.05) is 30.9 Å². The molecule has 2 aliphatic heterocycles. The van der Waals surface area contributed by atoms with Gasteiger partial charge in [0.2, 0.25) is 15.9 Å². The minimum atomic E-state index is -5.08. The maximum absolute atomic E-state index is 13.5. The minimum absolute atomic E-state index is 0.112. The van der Waals surface area contributed by atoms with Gasteiger partial charge in [0.1, 0.15) is 0 Å². The van der Waals surface area contributed by atoms with E-state index in [0.29, 0.717) is 13.1 Å². The molecule has 8 nitrogen and oxygen atoms in total. The average molecular weight is 492 g/mol. The quantitative estimate of drug-likeness (QED) is 0.694. The Morgan fingerprint density at radius 3 is 2.42 bits per heavy atom. The number of carboxylic acid groups (broad SMARTS) is 1. The Morgan fingerprint density at radius 2 is 1.94 bits per heavy atom. The molecule has 2 atom stereocenters. The zero-order valence-corrected chi connectivity index (χ0v) is 19.3.